The Labute approximate surface area is 124 Å². The average molecular weight is 329 g/mol. The Morgan fingerprint density at radius 3 is 2.41 bits per heavy atom. The van der Waals surface area contributed by atoms with E-state index in [2.05, 4.69) is 4.98 Å². The van der Waals surface area contributed by atoms with E-state index in [9.17, 15) is 0 Å². The van der Waals surface area contributed by atoms with Crippen molar-refractivity contribution in [1.29, 1.82) is 0 Å². The van der Waals surface area contributed by atoms with Crippen LogP contribution in [0.3, 0.4) is 0 Å². The molecule has 0 N–H and O–H groups in total. The first-order valence-electron chi connectivity index (χ1n) is 4.64. The van der Waals surface area contributed by atoms with Gasteiger partial charge in [-0.25, -0.2) is 4.98 Å². The Kier molecular flexibility index (Phi) is 3.96. The molecule has 17 heavy (non-hydrogen) atoms. The molecule has 1 aromatic heterocycles. The van der Waals surface area contributed by atoms with Crippen molar-refractivity contribution in [3.63, 3.8) is 0 Å². The topological polar surface area (TPSA) is 12.9 Å². The Morgan fingerprint density at radius 1 is 1.12 bits per heavy atom. The van der Waals surface area contributed by atoms with Crippen molar-refractivity contribution < 1.29 is 0 Å². The highest BCUT2D eigenvalue weighted by molar-refractivity contribution is 6.66. The highest BCUT2D eigenvalue weighted by atomic mass is 35.6. The van der Waals surface area contributed by atoms with Gasteiger partial charge in [-0.3, -0.25) is 0 Å². The van der Waals surface area contributed by atoms with Crippen molar-refractivity contribution >= 4 is 68.9 Å². The number of hydrogen-bond donors (Lipinski definition) is 0. The van der Waals surface area contributed by atoms with Crippen molar-refractivity contribution in [2.24, 2.45) is 0 Å². The van der Waals surface area contributed by atoms with Crippen LogP contribution in [-0.4, -0.2) is 4.98 Å². The molecule has 0 aliphatic carbocycles. The zero-order valence-corrected chi connectivity index (χ0v) is 12.1. The lowest BCUT2D eigenvalue weighted by atomic mass is 10.1. The molecule has 6 heteroatoms. The van der Waals surface area contributed by atoms with Crippen LogP contribution in [0.15, 0.2) is 24.3 Å². The zero-order valence-electron chi connectivity index (χ0n) is 8.35. The summed E-state index contributed by atoms with van der Waals surface area (Å²) >= 11 is 29.2. The van der Waals surface area contributed by atoms with Gasteiger partial charge < -0.3 is 0 Å². The molecule has 0 unspecified atom stereocenters. The first-order valence-corrected chi connectivity index (χ1v) is 6.69. The third-order valence-electron chi connectivity index (χ3n) is 2.27. The zero-order chi connectivity index (χ0) is 12.6. The molecule has 0 aliphatic rings. The second kappa shape index (κ2) is 4.99. The summed E-state index contributed by atoms with van der Waals surface area (Å²) in [5.74, 6) is 0.415. The second-order valence-electron chi connectivity index (χ2n) is 3.47. The maximum Gasteiger partial charge on any atom is 0.232 e. The van der Waals surface area contributed by atoms with Gasteiger partial charge in [0.1, 0.15) is 0 Å². The molecule has 0 bridgehead atoms. The Bertz CT molecular complexity index is 562. The van der Waals surface area contributed by atoms with Gasteiger partial charge in [-0.2, -0.15) is 0 Å². The van der Waals surface area contributed by atoms with Crippen LogP contribution >= 0.6 is 58.0 Å². The molecule has 0 saturated carbocycles. The minimum absolute atomic E-state index is 0.304. The molecule has 1 nitrogen and oxygen atoms in total. The lowest BCUT2D eigenvalue weighted by Gasteiger charge is -2.12. The van der Waals surface area contributed by atoms with E-state index >= 15 is 0 Å². The number of fused-ring (bicyclic) bond motifs is 1. The predicted molar refractivity (Wildman–Crippen MR) is 75.5 cm³/mol. The molecule has 1 aromatic carbocycles. The molecule has 0 spiro atoms. The van der Waals surface area contributed by atoms with Gasteiger partial charge in [0.25, 0.3) is 0 Å². The summed E-state index contributed by atoms with van der Waals surface area (Å²) in [4.78, 5) is 4.26. The number of halogens is 5. The molecule has 2 rings (SSSR count). The minimum atomic E-state index is -1.58. The Hall–Kier alpha value is 0.0800. The summed E-state index contributed by atoms with van der Waals surface area (Å²) in [5.41, 5.74) is 1.94. The Morgan fingerprint density at radius 2 is 1.82 bits per heavy atom. The quantitative estimate of drug-likeness (QED) is 0.634. The van der Waals surface area contributed by atoms with Gasteiger partial charge in [-0.05, 0) is 23.8 Å². The number of hydrogen-bond acceptors (Lipinski definition) is 1. The molecular formula is C11H6Cl5N. The van der Waals surface area contributed by atoms with Crippen LogP contribution in [-0.2, 0) is 9.67 Å². The van der Waals surface area contributed by atoms with Crippen molar-refractivity contribution in [3.8, 4) is 0 Å². The first kappa shape index (κ1) is 13.5. The van der Waals surface area contributed by atoms with E-state index in [0.717, 1.165) is 10.9 Å². The standard InChI is InChI=1S/C11H6Cl5N/c12-5-6-1-2-9-7(3-6)8(13)4-10(17-9)11(14,15)16/h1-4H,5H2. The largest absolute Gasteiger partial charge is 0.248 e. The predicted octanol–water partition coefficient (Wildman–Crippen LogP) is 5.45. The van der Waals surface area contributed by atoms with E-state index in [4.69, 9.17) is 58.0 Å². The third kappa shape index (κ3) is 2.91. The molecule has 0 atom stereocenters. The van der Waals surface area contributed by atoms with Gasteiger partial charge in [-0.1, -0.05) is 52.5 Å². The highest BCUT2D eigenvalue weighted by Crippen LogP contribution is 2.39. The fourth-order valence-corrected chi connectivity index (χ4v) is 2.17. The number of alkyl halides is 4. The lowest BCUT2D eigenvalue weighted by Crippen LogP contribution is -2.03. The normalized spacial score (nSPS) is 12.1. The molecule has 0 amide bonds. The van der Waals surface area contributed by atoms with E-state index in [1.807, 2.05) is 12.1 Å². The van der Waals surface area contributed by atoms with Gasteiger partial charge >= 0.3 is 0 Å². The number of nitrogens with zero attached hydrogens (tertiary/aromatic N) is 1. The lowest BCUT2D eigenvalue weighted by molar-refractivity contribution is 1.12. The fraction of sp³-hybridized carbons (Fsp3) is 0.182. The van der Waals surface area contributed by atoms with Crippen LogP contribution in [0.2, 0.25) is 5.02 Å². The average Bonchev–Trinajstić information content (AvgIpc) is 2.27. The van der Waals surface area contributed by atoms with Gasteiger partial charge in [-0.15, -0.1) is 11.6 Å². The second-order valence-corrected chi connectivity index (χ2v) is 6.43. The van der Waals surface area contributed by atoms with Gasteiger partial charge in [0.05, 0.1) is 16.2 Å². The van der Waals surface area contributed by atoms with Crippen LogP contribution in [0.1, 0.15) is 11.3 Å². The summed E-state index contributed by atoms with van der Waals surface area (Å²) in [7, 11) is 0. The maximum atomic E-state index is 6.14. The van der Waals surface area contributed by atoms with Crippen LogP contribution in [0.25, 0.3) is 10.9 Å². The summed E-state index contributed by atoms with van der Waals surface area (Å²) in [5, 5.41) is 1.28. The fourth-order valence-electron chi connectivity index (χ4n) is 1.46. The summed E-state index contributed by atoms with van der Waals surface area (Å²) in [6.07, 6.45) is 0. The molecule has 2 aromatic rings. The number of pyridine rings is 1. The van der Waals surface area contributed by atoms with Crippen LogP contribution in [0, 0.1) is 0 Å². The first-order chi connectivity index (χ1) is 7.91. The number of rotatable bonds is 1. The summed E-state index contributed by atoms with van der Waals surface area (Å²) in [6, 6.07) is 7.09. The van der Waals surface area contributed by atoms with Crippen molar-refractivity contribution in [1.82, 2.24) is 4.98 Å². The smallest absolute Gasteiger partial charge is 0.232 e. The van der Waals surface area contributed by atoms with Crippen molar-refractivity contribution in [2.45, 2.75) is 9.67 Å². The van der Waals surface area contributed by atoms with Crippen LogP contribution in [0.4, 0.5) is 0 Å². The van der Waals surface area contributed by atoms with Gasteiger partial charge in [0.2, 0.25) is 3.79 Å². The molecular weight excluding hydrogens is 323 g/mol. The van der Waals surface area contributed by atoms with Crippen LogP contribution in [0.5, 0.6) is 0 Å². The maximum absolute atomic E-state index is 6.14. The van der Waals surface area contributed by atoms with E-state index in [1.165, 1.54) is 0 Å². The highest BCUT2D eigenvalue weighted by Gasteiger charge is 2.25. The van der Waals surface area contributed by atoms with Gasteiger partial charge in [0.15, 0.2) is 0 Å². The van der Waals surface area contributed by atoms with Gasteiger partial charge in [0, 0.05) is 11.3 Å². The molecule has 0 fully saturated rings. The van der Waals surface area contributed by atoms with E-state index in [-0.39, 0.29) is 0 Å². The van der Waals surface area contributed by atoms with Crippen LogP contribution < -0.4 is 0 Å². The minimum Gasteiger partial charge on any atom is -0.248 e. The summed E-state index contributed by atoms with van der Waals surface area (Å²) < 4.78 is -1.58. The van der Waals surface area contributed by atoms with E-state index < -0.39 is 3.79 Å². The molecule has 0 radical (unpaired) electrons. The molecule has 0 saturated heterocycles. The molecule has 90 valence electrons. The molecule has 0 aliphatic heterocycles. The van der Waals surface area contributed by atoms with E-state index in [1.54, 1.807) is 12.1 Å². The molecule has 1 heterocycles. The Balaban J connectivity index is 2.68. The van der Waals surface area contributed by atoms with E-state index in [0.29, 0.717) is 22.1 Å². The number of aromatic nitrogens is 1. The van der Waals surface area contributed by atoms with Crippen molar-refractivity contribution in [2.75, 3.05) is 0 Å². The SMILES string of the molecule is ClCc1ccc2nc(C(Cl)(Cl)Cl)cc(Cl)c2c1. The summed E-state index contributed by atoms with van der Waals surface area (Å²) in [6.45, 7) is 0. The monoisotopic (exact) mass is 327 g/mol. The third-order valence-corrected chi connectivity index (χ3v) is 3.47. The number of benzene rings is 1. The van der Waals surface area contributed by atoms with Crippen molar-refractivity contribution in [3.05, 3.63) is 40.5 Å².